The zero-order valence-electron chi connectivity index (χ0n) is 8.87. The fraction of sp³-hybridized carbons (Fsp3) is 0.364. The molecule has 0 aliphatic carbocycles. The van der Waals surface area contributed by atoms with Crippen molar-refractivity contribution in [1.82, 2.24) is 0 Å². The van der Waals surface area contributed by atoms with Gasteiger partial charge in [0.05, 0.1) is 11.4 Å². The van der Waals surface area contributed by atoms with E-state index in [-0.39, 0.29) is 5.91 Å². The van der Waals surface area contributed by atoms with Crippen LogP contribution in [0, 0.1) is 0 Å². The van der Waals surface area contributed by atoms with Crippen LogP contribution in [0.5, 0.6) is 0 Å². The summed E-state index contributed by atoms with van der Waals surface area (Å²) in [5, 5.41) is 2.90. The molecule has 0 aromatic heterocycles. The summed E-state index contributed by atoms with van der Waals surface area (Å²) in [7, 11) is 0. The molecule has 0 unspecified atom stereocenters. The highest BCUT2D eigenvalue weighted by Crippen LogP contribution is 2.31. The van der Waals surface area contributed by atoms with Gasteiger partial charge in [0.15, 0.2) is 0 Å². The molecular weight excluding hydrogens is 270 g/mol. The van der Waals surface area contributed by atoms with Gasteiger partial charge in [0, 0.05) is 30.5 Å². The highest BCUT2D eigenvalue weighted by Gasteiger charge is 2.18. The fourth-order valence-electron chi connectivity index (χ4n) is 1.83. The largest absolute Gasteiger partial charge is 0.368 e. The number of rotatable bonds is 2. The van der Waals surface area contributed by atoms with Gasteiger partial charge >= 0.3 is 0 Å². The number of carbonyl (C=O) groups excluding carboxylic acids is 1. The van der Waals surface area contributed by atoms with E-state index in [0.29, 0.717) is 19.5 Å². The Labute approximate surface area is 103 Å². The van der Waals surface area contributed by atoms with E-state index in [0.717, 1.165) is 22.4 Å². The lowest BCUT2D eigenvalue weighted by atomic mass is 10.2. The molecule has 1 amide bonds. The van der Waals surface area contributed by atoms with Crippen LogP contribution in [0.2, 0.25) is 0 Å². The van der Waals surface area contributed by atoms with Crippen molar-refractivity contribution in [3.63, 3.8) is 0 Å². The smallest absolute Gasteiger partial charge is 0.226 e. The summed E-state index contributed by atoms with van der Waals surface area (Å²) in [5.74, 6) is 0.0584. The number of nitrogens with one attached hydrogen (secondary N) is 1. The number of nitrogens with zero attached hydrogens (tertiary/aromatic N) is 1. The van der Waals surface area contributed by atoms with Crippen LogP contribution in [-0.4, -0.2) is 25.5 Å². The number of nitrogens with two attached hydrogens (primary N) is 1. The molecule has 2 rings (SSSR count). The van der Waals surface area contributed by atoms with E-state index in [1.807, 2.05) is 18.2 Å². The van der Waals surface area contributed by atoms with Gasteiger partial charge in [-0.1, -0.05) is 15.9 Å². The monoisotopic (exact) mass is 283 g/mol. The van der Waals surface area contributed by atoms with E-state index in [2.05, 4.69) is 26.1 Å². The predicted octanol–water partition coefficient (Wildman–Crippen LogP) is 1.56. The van der Waals surface area contributed by atoms with Gasteiger partial charge in [-0.15, -0.1) is 0 Å². The lowest BCUT2D eigenvalue weighted by Gasteiger charge is -2.23. The van der Waals surface area contributed by atoms with Crippen LogP contribution in [0.1, 0.15) is 6.42 Å². The number of hydrogen-bond donors (Lipinski definition) is 2. The number of anilines is 2. The Morgan fingerprint density at radius 3 is 3.06 bits per heavy atom. The Bertz CT molecular complexity index is 408. The number of amides is 1. The third-order valence-electron chi connectivity index (χ3n) is 2.58. The van der Waals surface area contributed by atoms with Crippen molar-refractivity contribution in [1.29, 1.82) is 0 Å². The first kappa shape index (κ1) is 11.4. The molecule has 0 bridgehead atoms. The van der Waals surface area contributed by atoms with Crippen molar-refractivity contribution < 1.29 is 4.79 Å². The molecule has 0 saturated carbocycles. The van der Waals surface area contributed by atoms with Crippen LogP contribution in [-0.2, 0) is 4.79 Å². The summed E-state index contributed by atoms with van der Waals surface area (Å²) >= 11 is 3.44. The summed E-state index contributed by atoms with van der Waals surface area (Å²) < 4.78 is 1.00. The molecule has 1 aliphatic rings. The van der Waals surface area contributed by atoms with Crippen molar-refractivity contribution in [2.45, 2.75) is 6.42 Å². The van der Waals surface area contributed by atoms with Gasteiger partial charge in [0.1, 0.15) is 0 Å². The number of hydrogen-bond acceptors (Lipinski definition) is 3. The van der Waals surface area contributed by atoms with Crippen molar-refractivity contribution in [2.75, 3.05) is 29.9 Å². The van der Waals surface area contributed by atoms with E-state index < -0.39 is 0 Å². The molecule has 86 valence electrons. The molecule has 1 aromatic rings. The van der Waals surface area contributed by atoms with E-state index in [1.54, 1.807) is 0 Å². The van der Waals surface area contributed by atoms with Crippen LogP contribution in [0.3, 0.4) is 0 Å². The molecule has 4 nitrogen and oxygen atoms in total. The van der Waals surface area contributed by atoms with Gasteiger partial charge in [-0.2, -0.15) is 0 Å². The van der Waals surface area contributed by atoms with Crippen molar-refractivity contribution in [2.24, 2.45) is 5.73 Å². The zero-order chi connectivity index (χ0) is 11.5. The molecule has 0 atom stereocenters. The highest BCUT2D eigenvalue weighted by atomic mass is 79.9. The quantitative estimate of drug-likeness (QED) is 0.866. The summed E-state index contributed by atoms with van der Waals surface area (Å²) in [4.78, 5) is 13.6. The average Bonchev–Trinajstić information content (AvgIpc) is 2.40. The van der Waals surface area contributed by atoms with E-state index in [9.17, 15) is 4.79 Å². The summed E-state index contributed by atoms with van der Waals surface area (Å²) in [6.07, 6.45) is 0.506. The molecule has 3 N–H and O–H groups in total. The normalized spacial score (nSPS) is 15.4. The van der Waals surface area contributed by atoms with Crippen LogP contribution in [0.15, 0.2) is 22.7 Å². The minimum atomic E-state index is 0.0584. The molecule has 1 aromatic carbocycles. The Balaban J connectivity index is 2.39. The van der Waals surface area contributed by atoms with Crippen molar-refractivity contribution >= 4 is 33.2 Å². The summed E-state index contributed by atoms with van der Waals surface area (Å²) in [5.41, 5.74) is 7.47. The Morgan fingerprint density at radius 1 is 1.50 bits per heavy atom. The maximum Gasteiger partial charge on any atom is 0.226 e. The van der Waals surface area contributed by atoms with E-state index in [4.69, 9.17) is 5.73 Å². The first-order valence-corrected chi connectivity index (χ1v) is 6.04. The van der Waals surface area contributed by atoms with Crippen LogP contribution in [0.25, 0.3) is 0 Å². The fourth-order valence-corrected chi connectivity index (χ4v) is 2.18. The number of halogens is 1. The van der Waals surface area contributed by atoms with Crippen molar-refractivity contribution in [3.8, 4) is 0 Å². The number of fused-ring (bicyclic) bond motifs is 1. The minimum absolute atomic E-state index is 0.0584. The second-order valence-electron chi connectivity index (χ2n) is 3.74. The van der Waals surface area contributed by atoms with Gasteiger partial charge in [-0.05, 0) is 18.2 Å². The molecule has 1 aliphatic heterocycles. The third-order valence-corrected chi connectivity index (χ3v) is 3.08. The Hall–Kier alpha value is -1.07. The second kappa shape index (κ2) is 4.84. The van der Waals surface area contributed by atoms with Gasteiger partial charge in [0.2, 0.25) is 5.91 Å². The Morgan fingerprint density at radius 2 is 2.31 bits per heavy atom. The SMILES string of the molecule is NCCN1CCC(=O)Nc2ccc(Br)cc21. The standard InChI is InChI=1S/C11H14BrN3O/c12-8-1-2-9-10(7-8)15(6-4-13)5-3-11(16)14-9/h1-2,7H,3-6,13H2,(H,14,16). The van der Waals surface area contributed by atoms with Gasteiger partial charge in [-0.25, -0.2) is 0 Å². The van der Waals surface area contributed by atoms with E-state index >= 15 is 0 Å². The lowest BCUT2D eigenvalue weighted by molar-refractivity contribution is -0.115. The number of carbonyl (C=O) groups is 1. The minimum Gasteiger partial charge on any atom is -0.368 e. The van der Waals surface area contributed by atoms with E-state index in [1.165, 1.54) is 0 Å². The zero-order valence-corrected chi connectivity index (χ0v) is 10.5. The molecule has 16 heavy (non-hydrogen) atoms. The van der Waals surface area contributed by atoms with Crippen molar-refractivity contribution in [3.05, 3.63) is 22.7 Å². The highest BCUT2D eigenvalue weighted by molar-refractivity contribution is 9.10. The summed E-state index contributed by atoms with van der Waals surface area (Å²) in [6.45, 7) is 2.06. The van der Waals surface area contributed by atoms with Gasteiger partial charge in [-0.3, -0.25) is 4.79 Å². The van der Waals surface area contributed by atoms with Crippen LogP contribution < -0.4 is 16.0 Å². The molecular formula is C11H14BrN3O. The summed E-state index contributed by atoms with van der Waals surface area (Å²) in [6, 6.07) is 5.84. The molecule has 0 saturated heterocycles. The molecule has 0 spiro atoms. The second-order valence-corrected chi connectivity index (χ2v) is 4.65. The lowest BCUT2D eigenvalue weighted by Crippen LogP contribution is -2.30. The maximum atomic E-state index is 11.5. The van der Waals surface area contributed by atoms with Crippen LogP contribution >= 0.6 is 15.9 Å². The first-order chi connectivity index (χ1) is 7.70. The molecule has 1 heterocycles. The third kappa shape index (κ3) is 2.36. The predicted molar refractivity (Wildman–Crippen MR) is 68.7 cm³/mol. The van der Waals surface area contributed by atoms with Gasteiger partial charge in [0.25, 0.3) is 0 Å². The molecule has 0 radical (unpaired) electrons. The van der Waals surface area contributed by atoms with Gasteiger partial charge < -0.3 is 16.0 Å². The maximum absolute atomic E-state index is 11.5. The number of benzene rings is 1. The Kier molecular flexibility index (Phi) is 3.46. The topological polar surface area (TPSA) is 58.4 Å². The average molecular weight is 284 g/mol. The molecule has 5 heteroatoms. The molecule has 0 fully saturated rings. The van der Waals surface area contributed by atoms with Crippen LogP contribution in [0.4, 0.5) is 11.4 Å². The first-order valence-electron chi connectivity index (χ1n) is 5.25.